The minimum atomic E-state index is 0.145. The van der Waals surface area contributed by atoms with Crippen molar-refractivity contribution in [2.75, 3.05) is 0 Å². The fraction of sp³-hybridized carbons (Fsp3) is 0.500. The second-order valence-electron chi connectivity index (χ2n) is 7.01. The fourth-order valence-corrected chi connectivity index (χ4v) is 3.43. The van der Waals surface area contributed by atoms with E-state index in [-0.39, 0.29) is 11.5 Å². The molecule has 1 aromatic heterocycles. The van der Waals surface area contributed by atoms with Crippen molar-refractivity contribution >= 4 is 0 Å². The van der Waals surface area contributed by atoms with Crippen LogP contribution in [0, 0.1) is 5.41 Å². The van der Waals surface area contributed by atoms with Crippen LogP contribution in [0.1, 0.15) is 49.6 Å². The Hall–Kier alpha value is -1.61. The van der Waals surface area contributed by atoms with Gasteiger partial charge in [0.15, 0.2) is 0 Å². The lowest BCUT2D eigenvalue weighted by Crippen LogP contribution is -2.30. The van der Waals surface area contributed by atoms with Crippen LogP contribution in [0.2, 0.25) is 0 Å². The fourth-order valence-electron chi connectivity index (χ4n) is 3.43. The standard InChI is InChI=1S/C18H25N3/c1-18(2)11-16(19)15-13-20-21(17(15)12-18)10-6-9-14-7-4-3-5-8-14/h3-5,7-8,13,16H,6,9-12,19H2,1-2H3. The van der Waals surface area contributed by atoms with Crippen LogP contribution in [-0.4, -0.2) is 9.78 Å². The summed E-state index contributed by atoms with van der Waals surface area (Å²) < 4.78 is 2.18. The Labute approximate surface area is 127 Å². The number of nitrogens with two attached hydrogens (primary N) is 1. The van der Waals surface area contributed by atoms with E-state index in [2.05, 4.69) is 54.0 Å². The van der Waals surface area contributed by atoms with Crippen molar-refractivity contribution < 1.29 is 0 Å². The Morgan fingerprint density at radius 1 is 1.29 bits per heavy atom. The maximum atomic E-state index is 6.30. The molecule has 0 radical (unpaired) electrons. The third kappa shape index (κ3) is 3.18. The molecule has 3 heteroatoms. The zero-order valence-corrected chi connectivity index (χ0v) is 13.0. The van der Waals surface area contributed by atoms with Gasteiger partial charge in [-0.25, -0.2) is 0 Å². The van der Waals surface area contributed by atoms with Crippen molar-refractivity contribution in [3.8, 4) is 0 Å². The first-order chi connectivity index (χ1) is 10.1. The molecule has 2 aromatic rings. The monoisotopic (exact) mass is 283 g/mol. The van der Waals surface area contributed by atoms with Gasteiger partial charge < -0.3 is 5.73 Å². The molecule has 3 rings (SSSR count). The molecule has 2 N–H and O–H groups in total. The molecule has 1 aromatic carbocycles. The summed E-state index contributed by atoms with van der Waals surface area (Å²) in [7, 11) is 0. The van der Waals surface area contributed by atoms with Gasteiger partial charge in [-0.1, -0.05) is 44.2 Å². The molecule has 0 spiro atoms. The average Bonchev–Trinajstić information content (AvgIpc) is 2.82. The second-order valence-corrected chi connectivity index (χ2v) is 7.01. The minimum absolute atomic E-state index is 0.145. The zero-order chi connectivity index (χ0) is 14.9. The minimum Gasteiger partial charge on any atom is -0.324 e. The molecule has 0 amide bonds. The molecule has 0 saturated carbocycles. The second kappa shape index (κ2) is 5.64. The molecule has 1 atom stereocenters. The van der Waals surface area contributed by atoms with Gasteiger partial charge in [0.25, 0.3) is 0 Å². The maximum Gasteiger partial charge on any atom is 0.0540 e. The number of hydrogen-bond acceptors (Lipinski definition) is 2. The summed E-state index contributed by atoms with van der Waals surface area (Å²) in [6, 6.07) is 10.8. The van der Waals surface area contributed by atoms with Crippen molar-refractivity contribution in [2.24, 2.45) is 11.1 Å². The zero-order valence-electron chi connectivity index (χ0n) is 13.0. The van der Waals surface area contributed by atoms with Gasteiger partial charge in [-0.2, -0.15) is 5.10 Å². The van der Waals surface area contributed by atoms with Crippen LogP contribution in [0.4, 0.5) is 0 Å². The summed E-state index contributed by atoms with van der Waals surface area (Å²) in [6.45, 7) is 5.58. The van der Waals surface area contributed by atoms with E-state index in [4.69, 9.17) is 5.73 Å². The van der Waals surface area contributed by atoms with Gasteiger partial charge in [-0.3, -0.25) is 4.68 Å². The number of benzene rings is 1. The molecule has 3 nitrogen and oxygen atoms in total. The van der Waals surface area contributed by atoms with Crippen LogP contribution in [0.25, 0.3) is 0 Å². The average molecular weight is 283 g/mol. The Morgan fingerprint density at radius 3 is 2.81 bits per heavy atom. The largest absolute Gasteiger partial charge is 0.324 e. The summed E-state index contributed by atoms with van der Waals surface area (Å²) in [6.07, 6.45) is 6.34. The number of rotatable bonds is 4. The summed E-state index contributed by atoms with van der Waals surface area (Å²) in [5, 5.41) is 4.58. The predicted octanol–water partition coefficient (Wildman–Crippen LogP) is 3.49. The maximum absolute atomic E-state index is 6.30. The number of aromatic nitrogens is 2. The molecule has 1 heterocycles. The molecule has 0 bridgehead atoms. The van der Waals surface area contributed by atoms with Crippen molar-refractivity contribution in [3.63, 3.8) is 0 Å². The van der Waals surface area contributed by atoms with Crippen LogP contribution >= 0.6 is 0 Å². The number of aryl methyl sites for hydroxylation is 2. The quantitative estimate of drug-likeness (QED) is 0.933. The van der Waals surface area contributed by atoms with Crippen molar-refractivity contribution in [1.82, 2.24) is 9.78 Å². The lowest BCUT2D eigenvalue weighted by molar-refractivity contribution is 0.273. The van der Waals surface area contributed by atoms with Crippen LogP contribution in [0.15, 0.2) is 36.5 Å². The Balaban J connectivity index is 1.67. The van der Waals surface area contributed by atoms with Crippen molar-refractivity contribution in [1.29, 1.82) is 0 Å². The lowest BCUT2D eigenvalue weighted by atomic mass is 9.75. The van der Waals surface area contributed by atoms with E-state index in [1.54, 1.807) is 0 Å². The summed E-state index contributed by atoms with van der Waals surface area (Å²) in [4.78, 5) is 0. The van der Waals surface area contributed by atoms with E-state index >= 15 is 0 Å². The first kappa shape index (κ1) is 14.3. The highest BCUT2D eigenvalue weighted by molar-refractivity contribution is 5.26. The van der Waals surface area contributed by atoms with E-state index in [0.29, 0.717) is 0 Å². The van der Waals surface area contributed by atoms with Gasteiger partial charge in [-0.15, -0.1) is 0 Å². The Morgan fingerprint density at radius 2 is 2.05 bits per heavy atom. The van der Waals surface area contributed by atoms with E-state index in [1.807, 2.05) is 6.20 Å². The molecule has 0 aliphatic heterocycles. The first-order valence-electron chi connectivity index (χ1n) is 7.89. The Bertz CT molecular complexity index is 598. The third-order valence-corrected chi connectivity index (χ3v) is 4.48. The molecule has 1 aliphatic rings. The summed E-state index contributed by atoms with van der Waals surface area (Å²) >= 11 is 0. The molecular formula is C18H25N3. The number of nitrogens with zero attached hydrogens (tertiary/aromatic N) is 2. The van der Waals surface area contributed by atoms with Gasteiger partial charge in [0.05, 0.1) is 6.20 Å². The molecule has 0 saturated heterocycles. The van der Waals surface area contributed by atoms with E-state index in [9.17, 15) is 0 Å². The normalized spacial score (nSPS) is 20.2. The summed E-state index contributed by atoms with van der Waals surface area (Å²) in [5.74, 6) is 0. The van der Waals surface area contributed by atoms with Crippen LogP contribution in [0.5, 0.6) is 0 Å². The molecular weight excluding hydrogens is 258 g/mol. The van der Waals surface area contributed by atoms with E-state index in [0.717, 1.165) is 32.2 Å². The lowest BCUT2D eigenvalue weighted by Gasteiger charge is -2.33. The van der Waals surface area contributed by atoms with E-state index in [1.165, 1.54) is 16.8 Å². The summed E-state index contributed by atoms with van der Waals surface area (Å²) in [5.41, 5.74) is 10.6. The molecule has 1 unspecified atom stereocenters. The Kier molecular flexibility index (Phi) is 3.85. The SMILES string of the molecule is CC1(C)Cc2c(cnn2CCCc2ccccc2)C(N)C1. The topological polar surface area (TPSA) is 43.8 Å². The van der Waals surface area contributed by atoms with Gasteiger partial charge in [0, 0.05) is 23.8 Å². The first-order valence-corrected chi connectivity index (χ1v) is 7.89. The number of fused-ring (bicyclic) bond motifs is 1. The molecule has 112 valence electrons. The molecule has 21 heavy (non-hydrogen) atoms. The number of hydrogen-bond donors (Lipinski definition) is 1. The van der Waals surface area contributed by atoms with Crippen molar-refractivity contribution in [2.45, 2.75) is 52.1 Å². The molecule has 1 aliphatic carbocycles. The van der Waals surface area contributed by atoms with Crippen LogP contribution < -0.4 is 5.73 Å². The highest BCUT2D eigenvalue weighted by atomic mass is 15.3. The van der Waals surface area contributed by atoms with Crippen molar-refractivity contribution in [3.05, 3.63) is 53.3 Å². The highest BCUT2D eigenvalue weighted by Crippen LogP contribution is 2.39. The van der Waals surface area contributed by atoms with Crippen LogP contribution in [0.3, 0.4) is 0 Å². The smallest absolute Gasteiger partial charge is 0.0540 e. The highest BCUT2D eigenvalue weighted by Gasteiger charge is 2.32. The predicted molar refractivity (Wildman–Crippen MR) is 86.0 cm³/mol. The molecule has 0 fully saturated rings. The van der Waals surface area contributed by atoms with Crippen LogP contribution in [-0.2, 0) is 19.4 Å². The van der Waals surface area contributed by atoms with E-state index < -0.39 is 0 Å². The van der Waals surface area contributed by atoms with Gasteiger partial charge in [-0.05, 0) is 36.7 Å². The van der Waals surface area contributed by atoms with Gasteiger partial charge in [0.1, 0.15) is 0 Å². The van der Waals surface area contributed by atoms with Gasteiger partial charge >= 0.3 is 0 Å². The third-order valence-electron chi connectivity index (χ3n) is 4.48. The van der Waals surface area contributed by atoms with Gasteiger partial charge in [0.2, 0.25) is 0 Å².